The fourth-order valence-electron chi connectivity index (χ4n) is 2.97. The lowest BCUT2D eigenvalue weighted by Crippen LogP contribution is -2.22. The molecule has 0 unspecified atom stereocenters. The predicted octanol–water partition coefficient (Wildman–Crippen LogP) is 3.54. The highest BCUT2D eigenvalue weighted by molar-refractivity contribution is 5.59. The van der Waals surface area contributed by atoms with Gasteiger partial charge in [-0.3, -0.25) is 4.98 Å². The Balaban J connectivity index is 1.62. The average Bonchev–Trinajstić information content (AvgIpc) is 2.75. The van der Waals surface area contributed by atoms with Gasteiger partial charge in [-0.1, -0.05) is 0 Å². The van der Waals surface area contributed by atoms with Gasteiger partial charge in [-0.2, -0.15) is 10.1 Å². The van der Waals surface area contributed by atoms with Crippen LogP contribution in [0.5, 0.6) is 0 Å². The van der Waals surface area contributed by atoms with Crippen LogP contribution in [0.15, 0.2) is 55.0 Å². The Labute approximate surface area is 166 Å². The van der Waals surface area contributed by atoms with Gasteiger partial charge in [0.15, 0.2) is 5.82 Å². The third-order valence-corrected chi connectivity index (χ3v) is 4.67. The molecule has 1 N–H and O–H groups in total. The van der Waals surface area contributed by atoms with Gasteiger partial charge in [-0.25, -0.2) is 0 Å². The number of nitrogens with one attached hydrogen (secondary N) is 1. The third-order valence-electron chi connectivity index (χ3n) is 4.67. The molecule has 0 atom stereocenters. The van der Waals surface area contributed by atoms with E-state index in [2.05, 4.69) is 61.3 Å². The highest BCUT2D eigenvalue weighted by Crippen LogP contribution is 2.20. The zero-order chi connectivity index (χ0) is 19.8. The van der Waals surface area contributed by atoms with E-state index in [0.29, 0.717) is 5.95 Å². The minimum absolute atomic E-state index is 0.490. The predicted molar refractivity (Wildman–Crippen MR) is 114 cm³/mol. The Morgan fingerprint density at radius 3 is 2.36 bits per heavy atom. The number of hydrogen-bond acceptors (Lipinski definition) is 7. The lowest BCUT2D eigenvalue weighted by molar-refractivity contribution is 0.840. The number of nitrogens with zero attached hydrogens (tertiary/aromatic N) is 6. The van der Waals surface area contributed by atoms with Crippen LogP contribution in [0.1, 0.15) is 19.4 Å². The molecule has 0 bridgehead atoms. The molecule has 7 heteroatoms. The number of anilines is 4. The number of likely N-dealkylation sites (N-methyl/N-ethyl adjacent to an activating group) is 1. The molecule has 2 heterocycles. The molecule has 1 aromatic carbocycles. The molecule has 2 aromatic heterocycles. The molecule has 0 aliphatic heterocycles. The first kappa shape index (κ1) is 19.5. The Kier molecular flexibility index (Phi) is 6.73. The van der Waals surface area contributed by atoms with E-state index in [1.54, 1.807) is 6.20 Å². The maximum atomic E-state index is 4.59. The molecule has 0 spiro atoms. The molecule has 0 saturated heterocycles. The van der Waals surface area contributed by atoms with E-state index in [1.807, 2.05) is 43.7 Å². The standard InChI is InChI=1S/C21H27N7/c1-4-28(5-2)19-8-6-18(7-9-19)24-21-25-20(16-23-26-21)27(3)15-12-17-10-13-22-14-11-17/h6-11,13-14,16H,4-5,12,15H2,1-3H3,(H,24,25,26). The van der Waals surface area contributed by atoms with Gasteiger partial charge in [-0.15, -0.1) is 5.10 Å². The monoisotopic (exact) mass is 377 g/mol. The Morgan fingerprint density at radius 1 is 0.964 bits per heavy atom. The molecule has 0 fully saturated rings. The molecule has 0 saturated carbocycles. The lowest BCUT2D eigenvalue weighted by Gasteiger charge is -2.21. The smallest absolute Gasteiger partial charge is 0.249 e. The van der Waals surface area contributed by atoms with E-state index in [1.165, 1.54) is 11.3 Å². The summed E-state index contributed by atoms with van der Waals surface area (Å²) >= 11 is 0. The highest BCUT2D eigenvalue weighted by Gasteiger charge is 2.07. The van der Waals surface area contributed by atoms with Crippen molar-refractivity contribution in [2.24, 2.45) is 0 Å². The lowest BCUT2D eigenvalue weighted by atomic mass is 10.2. The molecule has 0 radical (unpaired) electrons. The van der Waals surface area contributed by atoms with Crippen molar-refractivity contribution in [2.45, 2.75) is 20.3 Å². The normalized spacial score (nSPS) is 10.5. The van der Waals surface area contributed by atoms with Crippen molar-refractivity contribution in [3.63, 3.8) is 0 Å². The van der Waals surface area contributed by atoms with Crippen molar-refractivity contribution < 1.29 is 0 Å². The molecule has 146 valence electrons. The number of pyridine rings is 1. The van der Waals surface area contributed by atoms with E-state index in [0.717, 1.165) is 37.6 Å². The fourth-order valence-corrected chi connectivity index (χ4v) is 2.97. The summed E-state index contributed by atoms with van der Waals surface area (Å²) in [5, 5.41) is 11.4. The second-order valence-corrected chi connectivity index (χ2v) is 6.51. The molecular weight excluding hydrogens is 350 g/mol. The van der Waals surface area contributed by atoms with Gasteiger partial charge in [0, 0.05) is 50.5 Å². The van der Waals surface area contributed by atoms with Crippen molar-refractivity contribution >= 4 is 23.1 Å². The Morgan fingerprint density at radius 2 is 1.68 bits per heavy atom. The molecule has 7 nitrogen and oxygen atoms in total. The van der Waals surface area contributed by atoms with Crippen LogP contribution in [0.3, 0.4) is 0 Å². The van der Waals surface area contributed by atoms with Crippen molar-refractivity contribution in [3.05, 3.63) is 60.6 Å². The van der Waals surface area contributed by atoms with Gasteiger partial charge < -0.3 is 15.1 Å². The summed E-state index contributed by atoms with van der Waals surface area (Å²) < 4.78 is 0. The second-order valence-electron chi connectivity index (χ2n) is 6.51. The van der Waals surface area contributed by atoms with E-state index in [-0.39, 0.29) is 0 Å². The van der Waals surface area contributed by atoms with Crippen LogP contribution in [-0.4, -0.2) is 46.8 Å². The van der Waals surface area contributed by atoms with E-state index >= 15 is 0 Å². The molecule has 0 amide bonds. The summed E-state index contributed by atoms with van der Waals surface area (Å²) in [7, 11) is 2.01. The third kappa shape index (κ3) is 5.16. The van der Waals surface area contributed by atoms with Gasteiger partial charge >= 0.3 is 0 Å². The Bertz CT molecular complexity index is 848. The van der Waals surface area contributed by atoms with Gasteiger partial charge in [0.05, 0.1) is 6.20 Å². The number of benzene rings is 1. The van der Waals surface area contributed by atoms with E-state index < -0.39 is 0 Å². The zero-order valence-corrected chi connectivity index (χ0v) is 16.7. The van der Waals surface area contributed by atoms with Crippen LogP contribution in [-0.2, 0) is 6.42 Å². The maximum absolute atomic E-state index is 4.59. The summed E-state index contributed by atoms with van der Waals surface area (Å²) in [6, 6.07) is 12.3. The fraction of sp³-hybridized carbons (Fsp3) is 0.333. The van der Waals surface area contributed by atoms with Gasteiger partial charge in [-0.05, 0) is 62.2 Å². The zero-order valence-electron chi connectivity index (χ0n) is 16.7. The molecule has 3 aromatic rings. The van der Waals surface area contributed by atoms with Crippen LogP contribution in [0.25, 0.3) is 0 Å². The first-order valence-electron chi connectivity index (χ1n) is 9.61. The summed E-state index contributed by atoms with van der Waals surface area (Å²) in [6.45, 7) is 7.13. The van der Waals surface area contributed by atoms with Crippen LogP contribution in [0.2, 0.25) is 0 Å². The van der Waals surface area contributed by atoms with Crippen LogP contribution in [0, 0.1) is 0 Å². The first-order valence-corrected chi connectivity index (χ1v) is 9.61. The molecule has 3 rings (SSSR count). The maximum Gasteiger partial charge on any atom is 0.249 e. The first-order chi connectivity index (χ1) is 13.7. The quantitative estimate of drug-likeness (QED) is 0.611. The number of rotatable bonds is 9. The van der Waals surface area contributed by atoms with Crippen LogP contribution >= 0.6 is 0 Å². The number of aromatic nitrogens is 4. The topological polar surface area (TPSA) is 70.1 Å². The van der Waals surface area contributed by atoms with Crippen molar-refractivity contribution in [2.75, 3.05) is 41.8 Å². The summed E-state index contributed by atoms with van der Waals surface area (Å²) in [6.07, 6.45) is 6.23. The molecular formula is C21H27N7. The average molecular weight is 377 g/mol. The van der Waals surface area contributed by atoms with E-state index in [4.69, 9.17) is 0 Å². The van der Waals surface area contributed by atoms with Crippen molar-refractivity contribution in [1.82, 2.24) is 20.2 Å². The summed E-state index contributed by atoms with van der Waals surface area (Å²) in [5.41, 5.74) is 3.39. The largest absolute Gasteiger partial charge is 0.372 e. The van der Waals surface area contributed by atoms with Crippen LogP contribution in [0.4, 0.5) is 23.1 Å². The minimum atomic E-state index is 0.490. The van der Waals surface area contributed by atoms with E-state index in [9.17, 15) is 0 Å². The second kappa shape index (κ2) is 9.64. The van der Waals surface area contributed by atoms with Gasteiger partial charge in [0.2, 0.25) is 5.95 Å². The van der Waals surface area contributed by atoms with Gasteiger partial charge in [0.25, 0.3) is 0 Å². The number of hydrogen-bond donors (Lipinski definition) is 1. The van der Waals surface area contributed by atoms with Crippen molar-refractivity contribution in [3.8, 4) is 0 Å². The molecule has 28 heavy (non-hydrogen) atoms. The SMILES string of the molecule is CCN(CC)c1ccc(Nc2nncc(N(C)CCc3ccncc3)n2)cc1. The van der Waals surface area contributed by atoms with Crippen molar-refractivity contribution in [1.29, 1.82) is 0 Å². The van der Waals surface area contributed by atoms with Crippen LogP contribution < -0.4 is 15.1 Å². The summed E-state index contributed by atoms with van der Waals surface area (Å²) in [4.78, 5) is 13.0. The Hall–Kier alpha value is -3.22. The minimum Gasteiger partial charge on any atom is -0.372 e. The molecule has 0 aliphatic rings. The van der Waals surface area contributed by atoms with Gasteiger partial charge in [0.1, 0.15) is 0 Å². The highest BCUT2D eigenvalue weighted by atomic mass is 15.3. The summed E-state index contributed by atoms with van der Waals surface area (Å²) in [5.74, 6) is 1.27. The molecule has 0 aliphatic carbocycles.